The van der Waals surface area contributed by atoms with E-state index < -0.39 is 21.9 Å². The summed E-state index contributed by atoms with van der Waals surface area (Å²) >= 11 is 0.826. The minimum Gasteiger partial charge on any atom is -0.293 e. The van der Waals surface area contributed by atoms with Crippen molar-refractivity contribution in [3.8, 4) is 0 Å². The molecule has 1 N–H and O–H groups in total. The second kappa shape index (κ2) is 8.81. The van der Waals surface area contributed by atoms with Gasteiger partial charge < -0.3 is 0 Å². The number of ketones is 1. The summed E-state index contributed by atoms with van der Waals surface area (Å²) in [5, 5.41) is -0.123. The van der Waals surface area contributed by atoms with Crippen molar-refractivity contribution < 1.29 is 26.4 Å². The lowest BCUT2D eigenvalue weighted by molar-refractivity contribution is -0.141. The number of nitrogens with zero attached hydrogens (tertiary/aromatic N) is 2. The lowest BCUT2D eigenvalue weighted by atomic mass is 10.1. The van der Waals surface area contributed by atoms with Gasteiger partial charge in [0.05, 0.1) is 12.0 Å². The largest absolute Gasteiger partial charge is 0.433 e. The van der Waals surface area contributed by atoms with E-state index in [2.05, 4.69) is 14.7 Å². The minimum atomic E-state index is -4.57. The molecule has 0 saturated heterocycles. The molecule has 2 aromatic rings. The molecule has 6 nitrogen and oxygen atoms in total. The molecule has 1 aromatic carbocycles. The summed E-state index contributed by atoms with van der Waals surface area (Å²) in [6, 6.07) is 7.34. The molecule has 1 aromatic heterocycles. The van der Waals surface area contributed by atoms with Gasteiger partial charge in [0.15, 0.2) is 10.9 Å². The third-order valence-corrected chi connectivity index (χ3v) is 4.90. The molecule has 0 aliphatic heterocycles. The number of halogens is 3. The van der Waals surface area contributed by atoms with Gasteiger partial charge in [0, 0.05) is 18.3 Å². The first-order valence-electron chi connectivity index (χ1n) is 7.64. The maximum atomic E-state index is 12.6. The van der Waals surface area contributed by atoms with Gasteiger partial charge in [-0.05, 0) is 18.1 Å². The normalized spacial score (nSPS) is 12.1. The molecule has 0 spiro atoms. The van der Waals surface area contributed by atoms with Gasteiger partial charge in [0.2, 0.25) is 10.0 Å². The zero-order chi connectivity index (χ0) is 20.1. The molecule has 0 saturated carbocycles. The van der Waals surface area contributed by atoms with E-state index in [1.54, 1.807) is 24.3 Å². The van der Waals surface area contributed by atoms with E-state index in [-0.39, 0.29) is 23.2 Å². The van der Waals surface area contributed by atoms with E-state index in [0.717, 1.165) is 35.8 Å². The molecule has 2 rings (SSSR count). The Bertz CT molecular complexity index is 901. The maximum absolute atomic E-state index is 12.6. The molecule has 27 heavy (non-hydrogen) atoms. The number of carbonyl (C=O) groups is 1. The standard InChI is InChI=1S/C16H16F3N3O3S2/c1-27(24,25)21-9-6-11-2-4-12(5-3-11)13(23)10-26-15-20-8-7-14(22-15)16(17,18)19/h2-5,7-8,21H,6,9-10H2,1H3. The Kier molecular flexibility index (Phi) is 6.95. The van der Waals surface area contributed by atoms with Gasteiger partial charge in [-0.1, -0.05) is 36.0 Å². The van der Waals surface area contributed by atoms with Crippen LogP contribution in [0.4, 0.5) is 13.2 Å². The van der Waals surface area contributed by atoms with Crippen LogP contribution in [0, 0.1) is 0 Å². The molecule has 0 radical (unpaired) electrons. The van der Waals surface area contributed by atoms with Crippen molar-refractivity contribution in [2.75, 3.05) is 18.6 Å². The highest BCUT2D eigenvalue weighted by atomic mass is 32.2. The molecule has 1 heterocycles. The number of benzene rings is 1. The quantitative estimate of drug-likeness (QED) is 0.402. The predicted octanol–water partition coefficient (Wildman–Crippen LogP) is 2.56. The second-order valence-electron chi connectivity index (χ2n) is 5.55. The van der Waals surface area contributed by atoms with E-state index >= 15 is 0 Å². The SMILES string of the molecule is CS(=O)(=O)NCCc1ccc(C(=O)CSc2nccc(C(F)(F)F)n2)cc1. The topological polar surface area (TPSA) is 89.0 Å². The Hall–Kier alpha value is -1.98. The third-order valence-electron chi connectivity index (χ3n) is 3.31. The lowest BCUT2D eigenvalue weighted by Gasteiger charge is -2.07. The summed E-state index contributed by atoms with van der Waals surface area (Å²) in [5.74, 6) is -0.377. The number of alkyl halides is 3. The van der Waals surface area contributed by atoms with Crippen LogP contribution in [0.15, 0.2) is 41.7 Å². The van der Waals surface area contributed by atoms with Crippen molar-refractivity contribution in [3.63, 3.8) is 0 Å². The molecular weight excluding hydrogens is 403 g/mol. The van der Waals surface area contributed by atoms with Crippen LogP contribution in [0.25, 0.3) is 0 Å². The monoisotopic (exact) mass is 419 g/mol. The highest BCUT2D eigenvalue weighted by Crippen LogP contribution is 2.28. The zero-order valence-electron chi connectivity index (χ0n) is 14.2. The average molecular weight is 419 g/mol. The summed E-state index contributed by atoms with van der Waals surface area (Å²) in [5.41, 5.74) is 0.186. The maximum Gasteiger partial charge on any atom is 0.433 e. The Morgan fingerprint density at radius 2 is 1.85 bits per heavy atom. The fourth-order valence-electron chi connectivity index (χ4n) is 2.02. The van der Waals surface area contributed by atoms with E-state index in [1.165, 1.54) is 0 Å². The minimum absolute atomic E-state index is 0.101. The van der Waals surface area contributed by atoms with Crippen molar-refractivity contribution in [2.24, 2.45) is 0 Å². The van der Waals surface area contributed by atoms with Crippen LogP contribution in [0.1, 0.15) is 21.6 Å². The Labute approximate surface area is 158 Å². The fourth-order valence-corrected chi connectivity index (χ4v) is 3.22. The zero-order valence-corrected chi connectivity index (χ0v) is 15.8. The van der Waals surface area contributed by atoms with Gasteiger partial charge in [-0.2, -0.15) is 13.2 Å². The summed E-state index contributed by atoms with van der Waals surface area (Å²) in [4.78, 5) is 19.3. The smallest absolute Gasteiger partial charge is 0.293 e. The summed E-state index contributed by atoms with van der Waals surface area (Å²) < 4.78 is 62.2. The number of hydrogen-bond donors (Lipinski definition) is 1. The predicted molar refractivity (Wildman–Crippen MR) is 95.1 cm³/mol. The molecule has 0 fully saturated rings. The fraction of sp³-hybridized carbons (Fsp3) is 0.312. The van der Waals surface area contributed by atoms with Crippen LogP contribution in [0.5, 0.6) is 0 Å². The number of sulfonamides is 1. The van der Waals surface area contributed by atoms with Crippen LogP contribution >= 0.6 is 11.8 Å². The van der Waals surface area contributed by atoms with Gasteiger partial charge in [0.1, 0.15) is 5.69 Å². The molecular formula is C16H16F3N3O3S2. The number of rotatable bonds is 8. The number of carbonyl (C=O) groups excluding carboxylic acids is 1. The highest BCUT2D eigenvalue weighted by molar-refractivity contribution is 7.99. The van der Waals surface area contributed by atoms with Gasteiger partial charge in [-0.3, -0.25) is 4.79 Å². The molecule has 146 valence electrons. The molecule has 0 unspecified atom stereocenters. The average Bonchev–Trinajstić information content (AvgIpc) is 2.59. The van der Waals surface area contributed by atoms with Gasteiger partial charge in [-0.25, -0.2) is 23.1 Å². The molecule has 0 atom stereocenters. The van der Waals surface area contributed by atoms with Gasteiger partial charge in [0.25, 0.3) is 0 Å². The van der Waals surface area contributed by atoms with Crippen LogP contribution < -0.4 is 4.72 Å². The lowest BCUT2D eigenvalue weighted by Crippen LogP contribution is -2.24. The van der Waals surface area contributed by atoms with Crippen molar-refractivity contribution in [2.45, 2.75) is 17.8 Å². The first-order valence-corrected chi connectivity index (χ1v) is 10.5. The molecule has 11 heteroatoms. The Morgan fingerprint density at radius 3 is 2.44 bits per heavy atom. The van der Waals surface area contributed by atoms with E-state index in [1.807, 2.05) is 0 Å². The number of thioether (sulfide) groups is 1. The summed E-state index contributed by atoms with van der Waals surface area (Å²) in [6.45, 7) is 0.245. The van der Waals surface area contributed by atoms with E-state index in [9.17, 15) is 26.4 Å². The van der Waals surface area contributed by atoms with Crippen molar-refractivity contribution in [1.29, 1.82) is 0 Å². The molecule has 0 aliphatic rings. The highest BCUT2D eigenvalue weighted by Gasteiger charge is 2.32. The molecule has 0 bridgehead atoms. The van der Waals surface area contributed by atoms with Crippen LogP contribution in [-0.4, -0.2) is 42.7 Å². The first-order chi connectivity index (χ1) is 12.5. The van der Waals surface area contributed by atoms with E-state index in [4.69, 9.17) is 0 Å². The number of Topliss-reactive ketones (excluding diaryl/α,β-unsaturated/α-hetero) is 1. The summed E-state index contributed by atoms with van der Waals surface area (Å²) in [7, 11) is -3.25. The Balaban J connectivity index is 1.91. The van der Waals surface area contributed by atoms with Crippen molar-refractivity contribution in [3.05, 3.63) is 53.3 Å². The third kappa shape index (κ3) is 7.27. The number of hydrogen-bond acceptors (Lipinski definition) is 6. The van der Waals surface area contributed by atoms with Crippen LogP contribution in [0.2, 0.25) is 0 Å². The number of aromatic nitrogens is 2. The number of nitrogens with one attached hydrogen (secondary N) is 1. The van der Waals surface area contributed by atoms with Crippen molar-refractivity contribution in [1.82, 2.24) is 14.7 Å². The van der Waals surface area contributed by atoms with Crippen LogP contribution in [0.3, 0.4) is 0 Å². The molecule has 0 aliphatic carbocycles. The first kappa shape index (κ1) is 21.3. The van der Waals surface area contributed by atoms with Gasteiger partial charge >= 0.3 is 6.18 Å². The molecule has 0 amide bonds. The summed E-state index contributed by atoms with van der Waals surface area (Å²) in [6.07, 6.45) is -2.03. The van der Waals surface area contributed by atoms with Gasteiger partial charge in [-0.15, -0.1) is 0 Å². The second-order valence-corrected chi connectivity index (χ2v) is 8.32. The van der Waals surface area contributed by atoms with Crippen molar-refractivity contribution >= 4 is 27.6 Å². The van der Waals surface area contributed by atoms with Crippen LogP contribution in [-0.2, 0) is 22.6 Å². The Morgan fingerprint density at radius 1 is 1.19 bits per heavy atom. The van der Waals surface area contributed by atoms with E-state index in [0.29, 0.717) is 12.0 Å².